The molecule has 1 aliphatic carbocycles. The molecule has 17 heavy (non-hydrogen) atoms. The third kappa shape index (κ3) is 1.99. The van der Waals surface area contributed by atoms with Gasteiger partial charge in [-0.2, -0.15) is 0 Å². The molecule has 1 aromatic heterocycles. The van der Waals surface area contributed by atoms with E-state index in [0.29, 0.717) is 5.92 Å². The van der Waals surface area contributed by atoms with E-state index in [0.717, 1.165) is 18.5 Å². The molecule has 1 N–H and O–H groups in total. The van der Waals surface area contributed by atoms with E-state index in [-0.39, 0.29) is 17.2 Å². The fourth-order valence-corrected chi connectivity index (χ4v) is 2.30. The molecule has 1 saturated carbocycles. The van der Waals surface area contributed by atoms with Crippen LogP contribution in [0.5, 0.6) is 0 Å². The van der Waals surface area contributed by atoms with Crippen molar-refractivity contribution in [1.82, 2.24) is 4.57 Å². The molecule has 1 heterocycles. The van der Waals surface area contributed by atoms with Crippen LogP contribution in [0.1, 0.15) is 61.1 Å². The van der Waals surface area contributed by atoms with Crippen LogP contribution in [0, 0.1) is 0 Å². The zero-order valence-electron chi connectivity index (χ0n) is 10.1. The first-order valence-electron chi connectivity index (χ1n) is 6.01. The van der Waals surface area contributed by atoms with Gasteiger partial charge in [0.25, 0.3) is 5.56 Å². The monoisotopic (exact) mass is 235 g/mol. The summed E-state index contributed by atoms with van der Waals surface area (Å²) in [5.74, 6) is -0.725. The minimum Gasteiger partial charge on any atom is -0.477 e. The maximum absolute atomic E-state index is 12.1. The van der Waals surface area contributed by atoms with Gasteiger partial charge in [0.05, 0.1) is 0 Å². The van der Waals surface area contributed by atoms with Crippen LogP contribution in [0.25, 0.3) is 0 Å². The summed E-state index contributed by atoms with van der Waals surface area (Å²) in [6.07, 6.45) is 3.38. The Kier molecular flexibility index (Phi) is 3.05. The molecule has 4 nitrogen and oxygen atoms in total. The van der Waals surface area contributed by atoms with Crippen LogP contribution in [0.3, 0.4) is 0 Å². The van der Waals surface area contributed by atoms with Gasteiger partial charge < -0.3 is 9.67 Å². The number of hydrogen-bond acceptors (Lipinski definition) is 2. The van der Waals surface area contributed by atoms with E-state index in [2.05, 4.69) is 0 Å². The Morgan fingerprint density at radius 1 is 1.41 bits per heavy atom. The topological polar surface area (TPSA) is 59.3 Å². The lowest BCUT2D eigenvalue weighted by Gasteiger charge is -2.30. The van der Waals surface area contributed by atoms with E-state index < -0.39 is 5.97 Å². The van der Waals surface area contributed by atoms with Crippen LogP contribution in [-0.2, 0) is 0 Å². The van der Waals surface area contributed by atoms with Gasteiger partial charge in [-0.15, -0.1) is 0 Å². The Morgan fingerprint density at radius 2 is 2.06 bits per heavy atom. The number of aromatic nitrogens is 1. The molecular formula is C13H17NO3. The van der Waals surface area contributed by atoms with Crippen LogP contribution in [0.15, 0.2) is 16.9 Å². The molecule has 0 aromatic carbocycles. The third-order valence-corrected chi connectivity index (χ3v) is 3.42. The van der Waals surface area contributed by atoms with Gasteiger partial charge in [0.1, 0.15) is 5.56 Å². The molecular weight excluding hydrogens is 218 g/mol. The molecule has 0 unspecified atom stereocenters. The van der Waals surface area contributed by atoms with Gasteiger partial charge in [0.15, 0.2) is 0 Å². The molecule has 1 fully saturated rings. The van der Waals surface area contributed by atoms with Crippen molar-refractivity contribution in [1.29, 1.82) is 0 Å². The highest BCUT2D eigenvalue weighted by atomic mass is 16.4. The van der Waals surface area contributed by atoms with Crippen LogP contribution in [0.2, 0.25) is 0 Å². The lowest BCUT2D eigenvalue weighted by atomic mass is 9.82. The Hall–Kier alpha value is -1.58. The highest BCUT2D eigenvalue weighted by molar-refractivity contribution is 5.87. The van der Waals surface area contributed by atoms with Crippen LogP contribution < -0.4 is 5.56 Å². The maximum atomic E-state index is 12.1. The molecule has 0 spiro atoms. The molecule has 1 aliphatic rings. The average Bonchev–Trinajstić information content (AvgIpc) is 2.13. The summed E-state index contributed by atoms with van der Waals surface area (Å²) in [7, 11) is 0. The molecule has 0 bridgehead atoms. The van der Waals surface area contributed by atoms with Crippen molar-refractivity contribution < 1.29 is 9.90 Å². The Balaban J connectivity index is 2.58. The number of aromatic carboxylic acids is 1. The summed E-state index contributed by atoms with van der Waals surface area (Å²) < 4.78 is 1.63. The van der Waals surface area contributed by atoms with E-state index in [1.54, 1.807) is 10.6 Å². The predicted octanol–water partition coefficient (Wildman–Crippen LogP) is 2.39. The van der Waals surface area contributed by atoms with E-state index in [1.165, 1.54) is 12.5 Å². The van der Waals surface area contributed by atoms with Gasteiger partial charge in [-0.3, -0.25) is 4.79 Å². The van der Waals surface area contributed by atoms with Crippen LogP contribution in [-0.4, -0.2) is 15.6 Å². The summed E-state index contributed by atoms with van der Waals surface area (Å²) >= 11 is 0. The number of carboxylic acids is 1. The summed E-state index contributed by atoms with van der Waals surface area (Å²) in [4.78, 5) is 23.0. The first kappa shape index (κ1) is 11.9. The number of carbonyl (C=O) groups is 1. The summed E-state index contributed by atoms with van der Waals surface area (Å²) in [6, 6.07) is 3.24. The Labute approximate surface area is 99.9 Å². The van der Waals surface area contributed by atoms with E-state index >= 15 is 0 Å². The van der Waals surface area contributed by atoms with Gasteiger partial charge in [0, 0.05) is 11.7 Å². The quantitative estimate of drug-likeness (QED) is 0.875. The summed E-state index contributed by atoms with van der Waals surface area (Å²) in [6.45, 7) is 3.82. The third-order valence-electron chi connectivity index (χ3n) is 3.42. The number of rotatable bonds is 3. The standard InChI is InChI=1S/C13H17NO3/c1-8(2)14-11(9-4-3-5-9)7-6-10(12(14)15)13(16)17/h6-9H,3-5H2,1-2H3,(H,16,17). The first-order chi connectivity index (χ1) is 8.02. The van der Waals surface area contributed by atoms with Gasteiger partial charge in [-0.05, 0) is 44.7 Å². The molecule has 0 amide bonds. The second-order valence-corrected chi connectivity index (χ2v) is 4.87. The number of nitrogens with zero attached hydrogens (tertiary/aromatic N) is 1. The molecule has 0 aliphatic heterocycles. The van der Waals surface area contributed by atoms with Crippen molar-refractivity contribution >= 4 is 5.97 Å². The fraction of sp³-hybridized carbons (Fsp3) is 0.538. The highest BCUT2D eigenvalue weighted by Crippen LogP contribution is 2.36. The molecule has 1 aromatic rings. The first-order valence-corrected chi connectivity index (χ1v) is 6.01. The van der Waals surface area contributed by atoms with E-state index in [9.17, 15) is 9.59 Å². The van der Waals surface area contributed by atoms with Gasteiger partial charge in [0.2, 0.25) is 0 Å². The lowest BCUT2D eigenvalue weighted by molar-refractivity contribution is 0.0694. The summed E-state index contributed by atoms with van der Waals surface area (Å²) in [5, 5.41) is 8.96. The Bertz CT molecular complexity index is 498. The molecule has 0 atom stereocenters. The largest absolute Gasteiger partial charge is 0.477 e. The molecule has 4 heteroatoms. The second kappa shape index (κ2) is 4.35. The average molecular weight is 235 g/mol. The SMILES string of the molecule is CC(C)n1c(C2CCC2)ccc(C(=O)O)c1=O. The van der Waals surface area contributed by atoms with Crippen molar-refractivity contribution in [3.05, 3.63) is 33.7 Å². The number of carboxylic acid groups (broad SMARTS) is 1. The smallest absolute Gasteiger partial charge is 0.341 e. The molecule has 2 rings (SSSR count). The van der Waals surface area contributed by atoms with Crippen molar-refractivity contribution in [2.24, 2.45) is 0 Å². The minimum atomic E-state index is -1.15. The van der Waals surface area contributed by atoms with Crippen molar-refractivity contribution in [2.75, 3.05) is 0 Å². The second-order valence-electron chi connectivity index (χ2n) is 4.87. The zero-order valence-corrected chi connectivity index (χ0v) is 10.1. The van der Waals surface area contributed by atoms with E-state index in [4.69, 9.17) is 5.11 Å². The number of hydrogen-bond donors (Lipinski definition) is 1. The van der Waals surface area contributed by atoms with Gasteiger partial charge >= 0.3 is 5.97 Å². The molecule has 0 radical (unpaired) electrons. The fourth-order valence-electron chi connectivity index (χ4n) is 2.30. The normalized spacial score (nSPS) is 15.9. The van der Waals surface area contributed by atoms with Crippen molar-refractivity contribution in [3.8, 4) is 0 Å². The van der Waals surface area contributed by atoms with Crippen LogP contribution >= 0.6 is 0 Å². The van der Waals surface area contributed by atoms with Crippen molar-refractivity contribution in [3.63, 3.8) is 0 Å². The molecule has 0 saturated heterocycles. The molecule has 92 valence electrons. The van der Waals surface area contributed by atoms with E-state index in [1.807, 2.05) is 13.8 Å². The Morgan fingerprint density at radius 3 is 2.47 bits per heavy atom. The van der Waals surface area contributed by atoms with Gasteiger partial charge in [-0.1, -0.05) is 6.42 Å². The predicted molar refractivity (Wildman–Crippen MR) is 64.6 cm³/mol. The lowest BCUT2D eigenvalue weighted by Crippen LogP contribution is -2.32. The van der Waals surface area contributed by atoms with Crippen molar-refractivity contribution in [2.45, 2.75) is 45.1 Å². The highest BCUT2D eigenvalue weighted by Gasteiger charge is 2.25. The number of pyridine rings is 1. The van der Waals surface area contributed by atoms with Crippen LogP contribution in [0.4, 0.5) is 0 Å². The summed E-state index contributed by atoms with van der Waals surface area (Å²) in [5.41, 5.74) is 0.472. The maximum Gasteiger partial charge on any atom is 0.341 e. The zero-order chi connectivity index (χ0) is 12.6. The van der Waals surface area contributed by atoms with Gasteiger partial charge in [-0.25, -0.2) is 4.79 Å². The minimum absolute atomic E-state index is 0.00241.